The van der Waals surface area contributed by atoms with Gasteiger partial charge in [0.25, 0.3) is 0 Å². The summed E-state index contributed by atoms with van der Waals surface area (Å²) in [6.45, 7) is 1.96. The van der Waals surface area contributed by atoms with Crippen LogP contribution in [-0.2, 0) is 13.2 Å². The van der Waals surface area contributed by atoms with Crippen molar-refractivity contribution in [1.82, 2.24) is 19.5 Å². The van der Waals surface area contributed by atoms with Gasteiger partial charge in [0.1, 0.15) is 29.2 Å². The quantitative estimate of drug-likeness (QED) is 0.679. The Labute approximate surface area is 160 Å². The van der Waals surface area contributed by atoms with Crippen LogP contribution in [0.25, 0.3) is 11.0 Å². The number of aromatic nitrogens is 4. The molecule has 0 bridgehead atoms. The third-order valence-corrected chi connectivity index (χ3v) is 4.97. The van der Waals surface area contributed by atoms with E-state index in [0.29, 0.717) is 6.61 Å². The largest absolute Gasteiger partial charge is 0.493 e. The van der Waals surface area contributed by atoms with E-state index >= 15 is 0 Å². The molecular weight excluding hydrogens is 371 g/mol. The van der Waals surface area contributed by atoms with Gasteiger partial charge in [0.15, 0.2) is 0 Å². The van der Waals surface area contributed by atoms with Gasteiger partial charge in [-0.2, -0.15) is 13.2 Å². The van der Waals surface area contributed by atoms with E-state index in [-0.39, 0.29) is 11.7 Å². The summed E-state index contributed by atoms with van der Waals surface area (Å²) in [5.41, 5.74) is -0.0671. The van der Waals surface area contributed by atoms with E-state index in [0.717, 1.165) is 55.0 Å². The second-order valence-corrected chi connectivity index (χ2v) is 7.00. The molecule has 0 aliphatic carbocycles. The van der Waals surface area contributed by atoms with E-state index in [9.17, 15) is 13.2 Å². The van der Waals surface area contributed by atoms with Crippen LogP contribution < -0.4 is 9.64 Å². The highest BCUT2D eigenvalue weighted by Crippen LogP contribution is 2.31. The van der Waals surface area contributed by atoms with Gasteiger partial charge >= 0.3 is 6.18 Å². The molecule has 3 aromatic heterocycles. The number of pyridine rings is 1. The zero-order valence-electron chi connectivity index (χ0n) is 15.4. The zero-order valence-corrected chi connectivity index (χ0v) is 15.4. The van der Waals surface area contributed by atoms with Crippen LogP contribution in [0, 0.1) is 5.92 Å². The van der Waals surface area contributed by atoms with Crippen molar-refractivity contribution in [3.63, 3.8) is 0 Å². The second kappa shape index (κ2) is 7.29. The van der Waals surface area contributed by atoms with E-state index in [1.807, 2.05) is 23.9 Å². The minimum Gasteiger partial charge on any atom is -0.493 e. The standard InChI is InChI=1S/C19H20F3N5O/c1-26-8-5-15-17(26)24-12-25-18(15)27-7-2-3-13(10-27)11-28-14-4-6-23-16(9-14)19(20,21)22/h4-6,8-9,12-13H,2-3,7,10-11H2,1H3. The van der Waals surface area contributed by atoms with Crippen molar-refractivity contribution in [3.05, 3.63) is 42.6 Å². The van der Waals surface area contributed by atoms with Gasteiger partial charge < -0.3 is 14.2 Å². The van der Waals surface area contributed by atoms with Crippen LogP contribution in [0.2, 0.25) is 0 Å². The predicted octanol–water partition coefficient (Wildman–Crippen LogP) is 3.68. The number of piperidine rings is 1. The van der Waals surface area contributed by atoms with Gasteiger partial charge in [0.05, 0.1) is 12.0 Å². The van der Waals surface area contributed by atoms with Crippen LogP contribution in [0.4, 0.5) is 19.0 Å². The zero-order chi connectivity index (χ0) is 19.7. The van der Waals surface area contributed by atoms with E-state index in [2.05, 4.69) is 19.9 Å². The molecule has 4 rings (SSSR count). The first-order valence-corrected chi connectivity index (χ1v) is 9.09. The highest BCUT2D eigenvalue weighted by Gasteiger charge is 2.32. The summed E-state index contributed by atoms with van der Waals surface area (Å²) in [5.74, 6) is 1.27. The van der Waals surface area contributed by atoms with Crippen molar-refractivity contribution >= 4 is 16.9 Å². The summed E-state index contributed by atoms with van der Waals surface area (Å²) in [7, 11) is 1.94. The average molecular weight is 391 g/mol. The van der Waals surface area contributed by atoms with Crippen molar-refractivity contribution in [2.45, 2.75) is 19.0 Å². The van der Waals surface area contributed by atoms with Crippen molar-refractivity contribution in [1.29, 1.82) is 0 Å². The van der Waals surface area contributed by atoms with Gasteiger partial charge in [-0.25, -0.2) is 9.97 Å². The minimum absolute atomic E-state index is 0.187. The second-order valence-electron chi connectivity index (χ2n) is 7.00. The van der Waals surface area contributed by atoms with Gasteiger partial charge in [-0.05, 0) is 25.0 Å². The molecule has 0 N–H and O–H groups in total. The summed E-state index contributed by atoms with van der Waals surface area (Å²) in [4.78, 5) is 14.3. The topological polar surface area (TPSA) is 56.1 Å². The van der Waals surface area contributed by atoms with Crippen LogP contribution in [0.3, 0.4) is 0 Å². The van der Waals surface area contributed by atoms with Crippen molar-refractivity contribution in [2.24, 2.45) is 13.0 Å². The van der Waals surface area contributed by atoms with E-state index in [4.69, 9.17) is 4.74 Å². The molecule has 148 valence electrons. The van der Waals surface area contributed by atoms with Gasteiger partial charge in [-0.3, -0.25) is 4.98 Å². The maximum Gasteiger partial charge on any atom is 0.433 e. The third kappa shape index (κ3) is 3.74. The highest BCUT2D eigenvalue weighted by atomic mass is 19.4. The molecule has 1 atom stereocenters. The molecular formula is C19H20F3N5O. The highest BCUT2D eigenvalue weighted by molar-refractivity contribution is 5.87. The lowest BCUT2D eigenvalue weighted by molar-refractivity contribution is -0.141. The molecule has 1 aliphatic rings. The number of nitrogens with zero attached hydrogens (tertiary/aromatic N) is 5. The van der Waals surface area contributed by atoms with Gasteiger partial charge in [0, 0.05) is 44.5 Å². The van der Waals surface area contributed by atoms with Crippen LogP contribution in [0.5, 0.6) is 5.75 Å². The molecule has 0 spiro atoms. The van der Waals surface area contributed by atoms with E-state index in [1.54, 1.807) is 6.33 Å². The Hall–Kier alpha value is -2.84. The summed E-state index contributed by atoms with van der Waals surface area (Å²) >= 11 is 0. The molecule has 3 aromatic rings. The first-order valence-electron chi connectivity index (χ1n) is 9.09. The maximum absolute atomic E-state index is 12.8. The normalized spacial score (nSPS) is 17.9. The fraction of sp³-hybridized carbons (Fsp3) is 0.421. The minimum atomic E-state index is -4.48. The molecule has 1 unspecified atom stereocenters. The predicted molar refractivity (Wildman–Crippen MR) is 98.2 cm³/mol. The van der Waals surface area contributed by atoms with Gasteiger partial charge in [-0.15, -0.1) is 0 Å². The number of anilines is 1. The van der Waals surface area contributed by atoms with Crippen LogP contribution in [0.15, 0.2) is 36.9 Å². The summed E-state index contributed by atoms with van der Waals surface area (Å²) < 4.78 is 46.0. The maximum atomic E-state index is 12.8. The Morgan fingerprint density at radius 2 is 2.07 bits per heavy atom. The Bertz CT molecular complexity index is 972. The first-order chi connectivity index (χ1) is 13.4. The lowest BCUT2D eigenvalue weighted by Gasteiger charge is -2.33. The molecule has 0 aromatic carbocycles. The van der Waals surface area contributed by atoms with E-state index < -0.39 is 11.9 Å². The molecule has 6 nitrogen and oxygen atoms in total. The molecule has 0 radical (unpaired) electrons. The fourth-order valence-corrected chi connectivity index (χ4v) is 3.58. The molecule has 1 fully saturated rings. The summed E-state index contributed by atoms with van der Waals surface area (Å²) in [5, 5.41) is 0.996. The van der Waals surface area contributed by atoms with Crippen LogP contribution in [-0.4, -0.2) is 39.2 Å². The summed E-state index contributed by atoms with van der Waals surface area (Å²) in [6.07, 6.45) is 2.09. The number of aryl methyl sites for hydroxylation is 1. The monoisotopic (exact) mass is 391 g/mol. The van der Waals surface area contributed by atoms with Crippen molar-refractivity contribution < 1.29 is 17.9 Å². The average Bonchev–Trinajstić information content (AvgIpc) is 3.07. The Morgan fingerprint density at radius 1 is 1.21 bits per heavy atom. The van der Waals surface area contributed by atoms with Gasteiger partial charge in [0.2, 0.25) is 0 Å². The molecule has 4 heterocycles. The fourth-order valence-electron chi connectivity index (χ4n) is 3.58. The van der Waals surface area contributed by atoms with Crippen LogP contribution in [0.1, 0.15) is 18.5 Å². The summed E-state index contributed by atoms with van der Waals surface area (Å²) in [6, 6.07) is 4.40. The SMILES string of the molecule is Cn1ccc2c(N3CCCC(COc4ccnc(C(F)(F)F)c4)C3)ncnc21. The molecule has 9 heteroatoms. The van der Waals surface area contributed by atoms with Crippen LogP contribution >= 0.6 is 0 Å². The number of alkyl halides is 3. The van der Waals surface area contributed by atoms with Crippen molar-refractivity contribution in [2.75, 3.05) is 24.6 Å². The number of rotatable bonds is 4. The van der Waals surface area contributed by atoms with Crippen molar-refractivity contribution in [3.8, 4) is 5.75 Å². The smallest absolute Gasteiger partial charge is 0.433 e. The lowest BCUT2D eigenvalue weighted by atomic mass is 9.99. The number of hydrogen-bond donors (Lipinski definition) is 0. The number of ether oxygens (including phenoxy) is 1. The number of halogens is 3. The first kappa shape index (κ1) is 18.5. The molecule has 0 amide bonds. The number of hydrogen-bond acceptors (Lipinski definition) is 5. The Kier molecular flexibility index (Phi) is 4.82. The molecule has 0 saturated carbocycles. The van der Waals surface area contributed by atoms with E-state index in [1.165, 1.54) is 6.07 Å². The molecule has 28 heavy (non-hydrogen) atoms. The third-order valence-electron chi connectivity index (χ3n) is 4.97. The lowest BCUT2D eigenvalue weighted by Crippen LogP contribution is -2.38. The molecule has 1 aliphatic heterocycles. The number of fused-ring (bicyclic) bond motifs is 1. The Balaban J connectivity index is 1.44. The van der Waals surface area contributed by atoms with Gasteiger partial charge in [-0.1, -0.05) is 0 Å². The molecule has 1 saturated heterocycles. The Morgan fingerprint density at radius 3 is 2.89 bits per heavy atom.